The Bertz CT molecular complexity index is 2400. The van der Waals surface area contributed by atoms with Crippen LogP contribution < -0.4 is 9.80 Å². The van der Waals surface area contributed by atoms with Crippen molar-refractivity contribution in [3.63, 3.8) is 0 Å². The van der Waals surface area contributed by atoms with Crippen LogP contribution in [0.5, 0.6) is 0 Å². The molecule has 2 aliphatic rings. The predicted molar refractivity (Wildman–Crippen MR) is 221 cm³/mol. The lowest BCUT2D eigenvalue weighted by molar-refractivity contribution is 0.322. The second-order valence-electron chi connectivity index (χ2n) is 15.3. The molecule has 8 aromatic rings. The second kappa shape index (κ2) is 11.2. The van der Waals surface area contributed by atoms with Crippen LogP contribution in [0, 0.1) is 0 Å². The lowest BCUT2D eigenvalue weighted by Gasteiger charge is -2.37. The summed E-state index contributed by atoms with van der Waals surface area (Å²) in [7, 11) is 0. The van der Waals surface area contributed by atoms with Gasteiger partial charge in [-0.2, -0.15) is 0 Å². The minimum absolute atomic E-state index is 0.0160. The monoisotopic (exact) mass is 668 g/mol. The Kier molecular flexibility index (Phi) is 6.60. The molecule has 0 spiro atoms. The van der Waals surface area contributed by atoms with E-state index in [1.165, 1.54) is 66.3 Å². The summed E-state index contributed by atoms with van der Waals surface area (Å²) in [6.07, 6.45) is 0. The Morgan fingerprint density at radius 2 is 0.635 bits per heavy atom. The van der Waals surface area contributed by atoms with Gasteiger partial charge in [-0.25, -0.2) is 0 Å². The molecule has 0 atom stereocenters. The topological polar surface area (TPSA) is 6.48 Å². The van der Waals surface area contributed by atoms with Crippen molar-refractivity contribution in [3.8, 4) is 22.3 Å². The SMILES string of the molecule is CC1(C)c2ccc3c4c(ccc(c24)C1(C)C)-c1c-3c(N(c2ccccc2)c2ccccc2)c2ccccc2c1N(c1ccccc1)c1ccccc1. The van der Waals surface area contributed by atoms with Crippen molar-refractivity contribution in [3.05, 3.63) is 181 Å². The molecule has 10 rings (SSSR count). The average Bonchev–Trinajstić information content (AvgIpc) is 3.59. The summed E-state index contributed by atoms with van der Waals surface area (Å²) in [4.78, 5) is 4.97. The van der Waals surface area contributed by atoms with Crippen LogP contribution in [-0.2, 0) is 10.8 Å². The van der Waals surface area contributed by atoms with Crippen molar-refractivity contribution in [1.82, 2.24) is 0 Å². The highest BCUT2D eigenvalue weighted by Gasteiger charge is 2.49. The van der Waals surface area contributed by atoms with Gasteiger partial charge in [0.25, 0.3) is 0 Å². The predicted octanol–water partition coefficient (Wildman–Crippen LogP) is 14.1. The summed E-state index contributed by atoms with van der Waals surface area (Å²) < 4.78 is 0. The van der Waals surface area contributed by atoms with Crippen LogP contribution in [0.1, 0.15) is 38.8 Å². The fraction of sp³-hybridized carbons (Fsp3) is 0.120. The minimum Gasteiger partial charge on any atom is -0.309 e. The fourth-order valence-electron chi connectivity index (χ4n) is 9.14. The van der Waals surface area contributed by atoms with Gasteiger partial charge < -0.3 is 9.80 Å². The number of anilines is 6. The number of nitrogens with zero attached hydrogens (tertiary/aromatic N) is 2. The smallest absolute Gasteiger partial charge is 0.0626 e. The summed E-state index contributed by atoms with van der Waals surface area (Å²) in [5.74, 6) is 0. The Balaban J connectivity index is 1.43. The van der Waals surface area contributed by atoms with Crippen molar-refractivity contribution in [2.24, 2.45) is 0 Å². The molecule has 2 aliphatic carbocycles. The van der Waals surface area contributed by atoms with Crippen LogP contribution in [0.25, 0.3) is 43.8 Å². The summed E-state index contributed by atoms with van der Waals surface area (Å²) >= 11 is 0. The van der Waals surface area contributed by atoms with Crippen LogP contribution in [0.4, 0.5) is 34.1 Å². The molecule has 0 saturated carbocycles. The zero-order chi connectivity index (χ0) is 35.2. The number of benzene rings is 8. The number of rotatable bonds is 6. The molecular formula is C50H40N2. The number of hydrogen-bond donors (Lipinski definition) is 0. The van der Waals surface area contributed by atoms with Gasteiger partial charge >= 0.3 is 0 Å². The first-order chi connectivity index (χ1) is 25.4. The molecule has 0 fully saturated rings. The van der Waals surface area contributed by atoms with Crippen molar-refractivity contribution in [1.29, 1.82) is 0 Å². The van der Waals surface area contributed by atoms with Gasteiger partial charge in [0.05, 0.1) is 11.4 Å². The van der Waals surface area contributed by atoms with E-state index in [1.807, 2.05) is 0 Å². The van der Waals surface area contributed by atoms with E-state index in [9.17, 15) is 0 Å². The quantitative estimate of drug-likeness (QED) is 0.163. The van der Waals surface area contributed by atoms with Gasteiger partial charge in [-0.1, -0.05) is 149 Å². The number of hydrogen-bond acceptors (Lipinski definition) is 2. The Hall–Kier alpha value is -6.12. The van der Waals surface area contributed by atoms with Gasteiger partial charge in [-0.3, -0.25) is 0 Å². The molecule has 0 heterocycles. The first-order valence-corrected chi connectivity index (χ1v) is 18.4. The maximum Gasteiger partial charge on any atom is 0.0626 e. The Morgan fingerprint density at radius 1 is 0.327 bits per heavy atom. The van der Waals surface area contributed by atoms with Gasteiger partial charge in [0.15, 0.2) is 0 Å². The highest BCUT2D eigenvalue weighted by molar-refractivity contribution is 6.29. The van der Waals surface area contributed by atoms with E-state index in [0.717, 1.165) is 22.7 Å². The zero-order valence-electron chi connectivity index (χ0n) is 30.1. The average molecular weight is 669 g/mol. The van der Waals surface area contributed by atoms with E-state index in [2.05, 4.69) is 207 Å². The Morgan fingerprint density at radius 3 is 0.962 bits per heavy atom. The van der Waals surface area contributed by atoms with Crippen LogP contribution in [-0.4, -0.2) is 0 Å². The summed E-state index contributed by atoms with van der Waals surface area (Å²) in [5, 5.41) is 5.23. The maximum atomic E-state index is 2.49. The van der Waals surface area contributed by atoms with Crippen molar-refractivity contribution >= 4 is 55.7 Å². The van der Waals surface area contributed by atoms with E-state index >= 15 is 0 Å². The first kappa shape index (κ1) is 30.7. The van der Waals surface area contributed by atoms with E-state index in [1.54, 1.807) is 0 Å². The normalized spacial score (nSPS) is 14.5. The number of fused-ring (bicyclic) bond motifs is 4. The standard InChI is InChI=1S/C50H40N2/c1-49(2)41-31-29-39-43-40(30-32-42(46(41)43)50(49,3)4)45-44(39)47(51(33-19-9-5-10-20-33)34-21-11-6-12-22-34)37-27-17-18-28-38(37)48(45)52(35-23-13-7-14-24-35)36-25-15-8-16-26-36/h5-32H,1-4H3. The van der Waals surface area contributed by atoms with E-state index < -0.39 is 0 Å². The lowest BCUT2D eigenvalue weighted by atomic mass is 9.66. The maximum absolute atomic E-state index is 2.49. The summed E-state index contributed by atoms with van der Waals surface area (Å²) in [6.45, 7) is 9.71. The fourth-order valence-corrected chi connectivity index (χ4v) is 9.14. The van der Waals surface area contributed by atoms with Crippen LogP contribution >= 0.6 is 0 Å². The molecule has 0 aliphatic heterocycles. The molecular weight excluding hydrogens is 629 g/mol. The largest absolute Gasteiger partial charge is 0.309 e. The highest BCUT2D eigenvalue weighted by Crippen LogP contribution is 2.65. The van der Waals surface area contributed by atoms with E-state index in [4.69, 9.17) is 0 Å². The van der Waals surface area contributed by atoms with Crippen LogP contribution in [0.3, 0.4) is 0 Å². The van der Waals surface area contributed by atoms with E-state index in [-0.39, 0.29) is 10.8 Å². The zero-order valence-corrected chi connectivity index (χ0v) is 30.1. The molecule has 2 nitrogen and oxygen atoms in total. The minimum atomic E-state index is -0.0160. The summed E-state index contributed by atoms with van der Waals surface area (Å²) in [5.41, 5.74) is 15.0. The van der Waals surface area contributed by atoms with Gasteiger partial charge in [-0.15, -0.1) is 0 Å². The molecule has 0 radical (unpaired) electrons. The van der Waals surface area contributed by atoms with Gasteiger partial charge in [0.2, 0.25) is 0 Å². The molecule has 52 heavy (non-hydrogen) atoms. The van der Waals surface area contributed by atoms with Crippen molar-refractivity contribution in [2.45, 2.75) is 38.5 Å². The van der Waals surface area contributed by atoms with E-state index in [0.29, 0.717) is 0 Å². The first-order valence-electron chi connectivity index (χ1n) is 18.4. The molecule has 2 heteroatoms. The van der Waals surface area contributed by atoms with Crippen molar-refractivity contribution in [2.75, 3.05) is 9.80 Å². The van der Waals surface area contributed by atoms with Crippen LogP contribution in [0.15, 0.2) is 170 Å². The van der Waals surface area contributed by atoms with Crippen LogP contribution in [0.2, 0.25) is 0 Å². The lowest BCUT2D eigenvalue weighted by Crippen LogP contribution is -2.35. The third kappa shape index (κ3) is 4.12. The molecule has 0 bridgehead atoms. The second-order valence-corrected chi connectivity index (χ2v) is 15.3. The molecule has 250 valence electrons. The highest BCUT2D eigenvalue weighted by atomic mass is 15.2. The molecule has 0 N–H and O–H groups in total. The van der Waals surface area contributed by atoms with Gasteiger partial charge in [-0.05, 0) is 92.4 Å². The molecule has 0 aromatic heterocycles. The van der Waals surface area contributed by atoms with Crippen molar-refractivity contribution < 1.29 is 0 Å². The molecule has 0 amide bonds. The number of para-hydroxylation sites is 4. The van der Waals surface area contributed by atoms with Gasteiger partial charge in [0, 0.05) is 44.6 Å². The van der Waals surface area contributed by atoms with Gasteiger partial charge in [0.1, 0.15) is 0 Å². The third-order valence-electron chi connectivity index (χ3n) is 12.3. The molecule has 0 unspecified atom stereocenters. The Labute approximate surface area is 306 Å². The third-order valence-corrected chi connectivity index (χ3v) is 12.3. The molecule has 8 aromatic carbocycles. The molecule has 0 saturated heterocycles. The summed E-state index contributed by atoms with van der Waals surface area (Å²) in [6, 6.07) is 62.3.